The number of nitrogens with one attached hydrogen (secondary N) is 7. The van der Waals surface area contributed by atoms with Crippen LogP contribution in [0.4, 0.5) is 0 Å². The summed E-state index contributed by atoms with van der Waals surface area (Å²) in [7, 11) is 0. The Morgan fingerprint density at radius 3 is 1.53 bits per heavy atom. The lowest BCUT2D eigenvalue weighted by Gasteiger charge is -2.32. The highest BCUT2D eigenvalue weighted by molar-refractivity contribution is 7.98. The molecular weight excluding hydrogens is 1230 g/mol. The summed E-state index contributed by atoms with van der Waals surface area (Å²) in [4.78, 5) is 172. The van der Waals surface area contributed by atoms with E-state index in [1.807, 2.05) is 20.1 Å². The van der Waals surface area contributed by atoms with Crippen LogP contribution in [0, 0.1) is 11.8 Å². The molecule has 12 amide bonds. The van der Waals surface area contributed by atoms with Crippen molar-refractivity contribution in [1.82, 2.24) is 47.0 Å². The Bertz CT molecular complexity index is 2870. The Labute approximate surface area is 554 Å². The number of thioether (sulfide) groups is 1. The molecule has 2 saturated heterocycles. The Morgan fingerprint density at radius 2 is 1.03 bits per heavy atom. The van der Waals surface area contributed by atoms with E-state index in [4.69, 9.17) is 40.1 Å². The summed E-state index contributed by atoms with van der Waals surface area (Å²) in [6.45, 7) is 4.97. The van der Waals surface area contributed by atoms with Gasteiger partial charge in [-0.3, -0.25) is 62.5 Å². The van der Waals surface area contributed by atoms with Gasteiger partial charge in [0.25, 0.3) is 0 Å². The number of hydrogen-bond acceptors (Lipinski definition) is 16. The van der Waals surface area contributed by atoms with Crippen LogP contribution in [0.5, 0.6) is 0 Å². The number of guanidine groups is 1. The Kier molecular flexibility index (Phi) is 34.3. The molecule has 0 unspecified atom stereocenters. The summed E-state index contributed by atoms with van der Waals surface area (Å²) >= 11 is 1.52. The minimum absolute atomic E-state index is 0.0197. The number of carbonyl (C=O) groups is 12. The summed E-state index contributed by atoms with van der Waals surface area (Å²) in [5.74, 6) is -8.19. The van der Waals surface area contributed by atoms with E-state index >= 15 is 0 Å². The number of unbranched alkanes of at least 4 members (excludes halogenated alkanes) is 1. The first-order valence-corrected chi connectivity index (χ1v) is 33.9. The van der Waals surface area contributed by atoms with E-state index in [0.29, 0.717) is 87.6 Å². The van der Waals surface area contributed by atoms with E-state index in [9.17, 15) is 57.5 Å². The van der Waals surface area contributed by atoms with Crippen LogP contribution < -0.4 is 77.4 Å². The molecule has 2 heterocycles. The number of nitrogens with zero attached hydrogens (tertiary/aromatic N) is 3. The molecule has 4 rings (SSSR count). The molecule has 0 aliphatic carbocycles. The minimum Gasteiger partial charge on any atom is -0.370 e. The Balaban J connectivity index is 1.55. The van der Waals surface area contributed by atoms with Crippen LogP contribution >= 0.6 is 11.8 Å². The number of benzene rings is 2. The molecule has 2 aromatic carbocycles. The van der Waals surface area contributed by atoms with Crippen molar-refractivity contribution in [2.75, 3.05) is 44.7 Å². The monoisotopic (exact) mass is 1330 g/mol. The number of carbonyl (C=O) groups excluding carboxylic acids is 12. The molecule has 520 valence electrons. The normalized spacial score (nSPS) is 17.0. The summed E-state index contributed by atoms with van der Waals surface area (Å²) in [5.41, 5.74) is 40.9. The summed E-state index contributed by atoms with van der Waals surface area (Å²) in [6, 6.07) is 6.72. The van der Waals surface area contributed by atoms with Crippen LogP contribution in [0.25, 0.3) is 0 Å². The van der Waals surface area contributed by atoms with Gasteiger partial charge in [-0.2, -0.15) is 11.8 Å². The van der Waals surface area contributed by atoms with Crippen molar-refractivity contribution in [2.24, 2.45) is 57.0 Å². The van der Waals surface area contributed by atoms with Gasteiger partial charge >= 0.3 is 0 Å². The minimum atomic E-state index is -1.60. The molecule has 30 heteroatoms. The van der Waals surface area contributed by atoms with E-state index in [-0.39, 0.29) is 82.5 Å². The zero-order chi connectivity index (χ0) is 69.3. The van der Waals surface area contributed by atoms with Crippen LogP contribution in [0.2, 0.25) is 0 Å². The van der Waals surface area contributed by atoms with E-state index in [2.05, 4.69) is 42.2 Å². The van der Waals surface area contributed by atoms with Crippen molar-refractivity contribution >= 4 is 88.6 Å². The Morgan fingerprint density at radius 1 is 0.543 bits per heavy atom. The van der Waals surface area contributed by atoms with Crippen LogP contribution in [0.3, 0.4) is 0 Å². The highest BCUT2D eigenvalue weighted by Crippen LogP contribution is 2.24. The maximum Gasteiger partial charge on any atom is 0.245 e. The predicted octanol–water partition coefficient (Wildman–Crippen LogP) is -1.80. The number of aliphatic imine (C=N–C) groups is 1. The van der Waals surface area contributed by atoms with Gasteiger partial charge in [-0.25, -0.2) is 0 Å². The second kappa shape index (κ2) is 41.4. The molecule has 2 fully saturated rings. The predicted molar refractivity (Wildman–Crippen MR) is 356 cm³/mol. The highest BCUT2D eigenvalue weighted by Gasteiger charge is 2.42. The third-order valence-electron chi connectivity index (χ3n) is 16.4. The van der Waals surface area contributed by atoms with Crippen LogP contribution in [0.1, 0.15) is 134 Å². The number of nitrogens with two attached hydrogens (primary N) is 7. The van der Waals surface area contributed by atoms with E-state index in [1.54, 1.807) is 60.7 Å². The number of primary amides is 3. The molecule has 0 saturated carbocycles. The molecule has 94 heavy (non-hydrogen) atoms. The standard InChI is InChI=1S/C64H101N17O12S/c1-39(2)36-42(55(85)74-44(54(69)84)29-35-94-3)20-12-31-72-56(86)48(37-40-16-6-4-7-17-40)78-59(89)49(38-41-18-8-5-9-19-41)79-58(88)45(25-27-52(67)82)75-57(87)46(26-28-53(68)83)76-60(90)51-24-15-34-81(51)63(93)47(22-10-11-30-65)77-61(91)50-23-14-33-80(50)62(92)43(66)21-13-32-73-64(70)71/h4-9,16-19,39,42-51H,10-15,20-38,65-66H2,1-3H3,(H2,67,82)(H2,68,83)(H2,69,84)(H,72,86)(H,74,85)(H,75,87)(H,76,90)(H,77,91)(H,78,89)(H,79,88)(H4,70,71,73)/t42-,43-,44-,45-,46-,47-,48-,49-,50-,51-/m0/s1. The van der Waals surface area contributed by atoms with Crippen molar-refractivity contribution < 1.29 is 57.5 Å². The molecule has 0 radical (unpaired) electrons. The van der Waals surface area contributed by atoms with Gasteiger partial charge in [-0.05, 0) is 132 Å². The van der Waals surface area contributed by atoms with Gasteiger partial charge in [-0.15, -0.1) is 0 Å². The molecule has 2 aliphatic heterocycles. The number of amides is 12. The SMILES string of the molecule is CSCC[C@H](NC(=O)[C@@H](CCCNC(=O)[C@H](Cc1ccccc1)NC(=O)[C@H](Cc1ccccc1)NC(=O)[C@H](CCC(N)=O)NC(=O)[C@H](CCC(N)=O)NC(=O)[C@@H]1CCCN1C(=O)[C@H](CCCCN)NC(=O)[C@@H]1CCCN1C(=O)[C@@H](N)CCCN=C(N)N)CC(C)C)C(N)=O. The van der Waals surface area contributed by atoms with E-state index in [1.165, 1.54) is 21.6 Å². The zero-order valence-electron chi connectivity index (χ0n) is 54.5. The number of hydrogen-bond donors (Lipinski definition) is 14. The van der Waals surface area contributed by atoms with Crippen molar-refractivity contribution in [3.63, 3.8) is 0 Å². The highest BCUT2D eigenvalue weighted by atomic mass is 32.2. The first-order chi connectivity index (χ1) is 44.8. The number of likely N-dealkylation sites (tertiary alicyclic amines) is 2. The lowest BCUT2D eigenvalue weighted by Crippen LogP contribution is -2.60. The third-order valence-corrected chi connectivity index (χ3v) is 17.0. The fourth-order valence-corrected chi connectivity index (χ4v) is 11.9. The lowest BCUT2D eigenvalue weighted by atomic mass is 9.91. The molecule has 10 atom stereocenters. The quantitative estimate of drug-likeness (QED) is 0.0198. The van der Waals surface area contributed by atoms with Gasteiger partial charge in [0.2, 0.25) is 70.9 Å². The van der Waals surface area contributed by atoms with Gasteiger partial charge in [0.1, 0.15) is 48.3 Å². The molecule has 0 spiro atoms. The molecular formula is C64H101N17O12S. The van der Waals surface area contributed by atoms with Gasteiger partial charge in [0.05, 0.1) is 6.04 Å². The summed E-state index contributed by atoms with van der Waals surface area (Å²) in [5, 5.41) is 19.3. The first kappa shape index (κ1) is 78.1. The zero-order valence-corrected chi connectivity index (χ0v) is 55.3. The summed E-state index contributed by atoms with van der Waals surface area (Å²) < 4.78 is 0. The molecule has 21 N–H and O–H groups in total. The smallest absolute Gasteiger partial charge is 0.245 e. The van der Waals surface area contributed by atoms with Gasteiger partial charge in [0, 0.05) is 57.8 Å². The van der Waals surface area contributed by atoms with Crippen molar-refractivity contribution in [3.8, 4) is 0 Å². The summed E-state index contributed by atoms with van der Waals surface area (Å²) in [6.07, 6.45) is 4.79. The van der Waals surface area contributed by atoms with Gasteiger partial charge in [-0.1, -0.05) is 74.5 Å². The second-order valence-electron chi connectivity index (χ2n) is 24.4. The van der Waals surface area contributed by atoms with Crippen molar-refractivity contribution in [1.29, 1.82) is 0 Å². The fourth-order valence-electron chi connectivity index (χ4n) is 11.4. The Hall–Kier alpha value is -8.38. The third kappa shape index (κ3) is 27.3. The lowest BCUT2D eigenvalue weighted by molar-refractivity contribution is -0.144. The second-order valence-corrected chi connectivity index (χ2v) is 25.4. The fraction of sp³-hybridized carbons (Fsp3) is 0.609. The topological polar surface area (TPSA) is 490 Å². The molecule has 2 aromatic rings. The molecule has 0 aromatic heterocycles. The van der Waals surface area contributed by atoms with E-state index in [0.717, 1.165) is 0 Å². The van der Waals surface area contributed by atoms with Crippen molar-refractivity contribution in [3.05, 3.63) is 71.8 Å². The van der Waals surface area contributed by atoms with E-state index < -0.39 is 145 Å². The van der Waals surface area contributed by atoms with Crippen molar-refractivity contribution in [2.45, 2.75) is 190 Å². The maximum atomic E-state index is 14.7. The maximum absolute atomic E-state index is 14.7. The molecule has 0 bridgehead atoms. The van der Waals surface area contributed by atoms with Gasteiger partial charge in [0.15, 0.2) is 5.96 Å². The number of rotatable bonds is 43. The van der Waals surface area contributed by atoms with Crippen LogP contribution in [0.15, 0.2) is 65.7 Å². The average molecular weight is 1330 g/mol. The van der Waals surface area contributed by atoms with Crippen LogP contribution in [-0.4, -0.2) is 186 Å². The largest absolute Gasteiger partial charge is 0.370 e. The first-order valence-electron chi connectivity index (χ1n) is 32.5. The molecule has 2 aliphatic rings. The van der Waals surface area contributed by atoms with Gasteiger partial charge < -0.3 is 87.2 Å². The van der Waals surface area contributed by atoms with Crippen LogP contribution in [-0.2, 0) is 70.4 Å². The average Bonchev–Trinajstić information content (AvgIpc) is 1.65. The molecule has 29 nitrogen and oxygen atoms in total.